The fourth-order valence-electron chi connectivity index (χ4n) is 2.50. The van der Waals surface area contributed by atoms with Crippen LogP contribution < -0.4 is 0 Å². The van der Waals surface area contributed by atoms with Crippen LogP contribution in [0.1, 0.15) is 22.5 Å². The fraction of sp³-hybridized carbons (Fsp3) is 0.333. The minimum Gasteiger partial charge on any atom is -0.341 e. The van der Waals surface area contributed by atoms with E-state index in [0.717, 1.165) is 17.0 Å². The lowest BCUT2D eigenvalue weighted by Crippen LogP contribution is -2.27. The Balaban J connectivity index is 1.61. The summed E-state index contributed by atoms with van der Waals surface area (Å²) in [5.74, 6) is 0.919. The number of rotatable bonds is 5. The topological polar surface area (TPSA) is 63.4 Å². The molecule has 0 saturated heterocycles. The summed E-state index contributed by atoms with van der Waals surface area (Å²) in [4.78, 5) is 22.8. The molecule has 3 aromatic rings. The first-order chi connectivity index (χ1) is 11.9. The molecule has 0 spiro atoms. The second-order valence-corrected chi connectivity index (χ2v) is 7.11. The molecular weight excluding hydrogens is 334 g/mol. The van der Waals surface area contributed by atoms with E-state index in [9.17, 15) is 4.79 Å². The Morgan fingerprint density at radius 1 is 1.16 bits per heavy atom. The van der Waals surface area contributed by atoms with Gasteiger partial charge in [0.15, 0.2) is 0 Å². The highest BCUT2D eigenvalue weighted by atomic mass is 32.2. The zero-order chi connectivity index (χ0) is 18.0. The molecule has 0 saturated carbocycles. The number of carbonyl (C=O) groups is 1. The minimum absolute atomic E-state index is 0.0466. The van der Waals surface area contributed by atoms with Crippen molar-refractivity contribution in [3.63, 3.8) is 0 Å². The van der Waals surface area contributed by atoms with Crippen LogP contribution in [0.4, 0.5) is 0 Å². The number of thioether (sulfide) groups is 1. The van der Waals surface area contributed by atoms with E-state index in [-0.39, 0.29) is 5.91 Å². The van der Waals surface area contributed by atoms with Crippen molar-refractivity contribution in [1.82, 2.24) is 24.5 Å². The summed E-state index contributed by atoms with van der Waals surface area (Å²) in [6.07, 6.45) is 0. The Hall–Kier alpha value is -2.41. The number of nitrogens with zero attached hydrogens (tertiary/aromatic N) is 5. The Kier molecular flexibility index (Phi) is 5.03. The lowest BCUT2D eigenvalue weighted by atomic mass is 10.1. The summed E-state index contributed by atoms with van der Waals surface area (Å²) in [6.45, 7) is 6.54. The number of hydrogen-bond acceptors (Lipinski definition) is 5. The predicted octanol–water partition coefficient (Wildman–Crippen LogP) is 2.80. The van der Waals surface area contributed by atoms with Gasteiger partial charge in [-0.25, -0.2) is 9.50 Å². The van der Waals surface area contributed by atoms with Crippen molar-refractivity contribution in [1.29, 1.82) is 0 Å². The van der Waals surface area contributed by atoms with E-state index in [1.807, 2.05) is 39.1 Å². The summed E-state index contributed by atoms with van der Waals surface area (Å²) >= 11 is 1.34. The van der Waals surface area contributed by atoms with Gasteiger partial charge in [-0.2, -0.15) is 4.98 Å². The van der Waals surface area contributed by atoms with Crippen LogP contribution in [-0.4, -0.2) is 43.2 Å². The van der Waals surface area contributed by atoms with Crippen LogP contribution in [0.2, 0.25) is 0 Å². The SMILES string of the molecule is Cc1ccc(CN(C)C(=O)CSc2nc3nc(C)cc(C)n3n2)cc1. The standard InChI is InChI=1S/C18H21N5OS/c1-12-5-7-15(8-6-12)10-22(4)16(24)11-25-18-20-17-19-13(2)9-14(3)23(17)21-18/h5-9H,10-11H2,1-4H3. The Labute approximate surface area is 151 Å². The van der Waals surface area contributed by atoms with Crippen molar-refractivity contribution in [3.8, 4) is 0 Å². The molecule has 2 heterocycles. The summed E-state index contributed by atoms with van der Waals surface area (Å²) < 4.78 is 1.70. The van der Waals surface area contributed by atoms with Crippen molar-refractivity contribution < 1.29 is 4.79 Å². The van der Waals surface area contributed by atoms with Crippen LogP contribution in [0, 0.1) is 20.8 Å². The van der Waals surface area contributed by atoms with E-state index in [0.29, 0.717) is 23.2 Å². The molecule has 0 radical (unpaired) electrons. The maximum absolute atomic E-state index is 12.4. The van der Waals surface area contributed by atoms with Crippen LogP contribution in [0.15, 0.2) is 35.5 Å². The van der Waals surface area contributed by atoms with Crippen LogP contribution in [-0.2, 0) is 11.3 Å². The number of amides is 1. The second kappa shape index (κ2) is 7.23. The number of aromatic nitrogens is 4. The third-order valence-electron chi connectivity index (χ3n) is 3.89. The monoisotopic (exact) mass is 355 g/mol. The van der Waals surface area contributed by atoms with Gasteiger partial charge in [0, 0.05) is 25.0 Å². The van der Waals surface area contributed by atoms with E-state index < -0.39 is 0 Å². The van der Waals surface area contributed by atoms with Crippen molar-refractivity contribution >= 4 is 23.4 Å². The normalized spacial score (nSPS) is 11.0. The molecule has 0 atom stereocenters. The average Bonchev–Trinajstić information content (AvgIpc) is 2.98. The predicted molar refractivity (Wildman–Crippen MR) is 98.6 cm³/mol. The summed E-state index contributed by atoms with van der Waals surface area (Å²) in [5, 5.41) is 4.98. The van der Waals surface area contributed by atoms with Gasteiger partial charge in [0.2, 0.25) is 11.1 Å². The zero-order valence-corrected chi connectivity index (χ0v) is 15.7. The molecule has 0 N–H and O–H groups in total. The van der Waals surface area contributed by atoms with Crippen LogP contribution in [0.3, 0.4) is 0 Å². The van der Waals surface area contributed by atoms with Gasteiger partial charge in [0.25, 0.3) is 5.78 Å². The largest absolute Gasteiger partial charge is 0.341 e. The molecule has 25 heavy (non-hydrogen) atoms. The molecule has 2 aromatic heterocycles. The van der Waals surface area contributed by atoms with Gasteiger partial charge in [0.05, 0.1) is 5.75 Å². The van der Waals surface area contributed by atoms with E-state index >= 15 is 0 Å². The number of benzene rings is 1. The maximum atomic E-state index is 12.4. The molecule has 0 aliphatic rings. The third kappa shape index (κ3) is 4.17. The van der Waals surface area contributed by atoms with Crippen LogP contribution in [0.5, 0.6) is 0 Å². The molecule has 0 aliphatic heterocycles. The lowest BCUT2D eigenvalue weighted by Gasteiger charge is -2.16. The van der Waals surface area contributed by atoms with E-state index in [2.05, 4.69) is 34.1 Å². The number of fused-ring (bicyclic) bond motifs is 1. The molecule has 7 heteroatoms. The third-order valence-corrected chi connectivity index (χ3v) is 4.71. The molecule has 6 nitrogen and oxygen atoms in total. The fourth-order valence-corrected chi connectivity index (χ4v) is 3.26. The number of aryl methyl sites for hydroxylation is 3. The zero-order valence-electron chi connectivity index (χ0n) is 14.9. The first kappa shape index (κ1) is 17.4. The molecule has 1 aromatic carbocycles. The summed E-state index contributed by atoms with van der Waals surface area (Å²) in [6, 6.07) is 10.2. The van der Waals surface area contributed by atoms with Gasteiger partial charge in [-0.05, 0) is 32.4 Å². The molecule has 0 fully saturated rings. The minimum atomic E-state index is 0.0466. The van der Waals surface area contributed by atoms with Crippen molar-refractivity contribution in [2.75, 3.05) is 12.8 Å². The van der Waals surface area contributed by atoms with Gasteiger partial charge in [-0.3, -0.25) is 4.79 Å². The summed E-state index contributed by atoms with van der Waals surface area (Å²) in [7, 11) is 1.81. The van der Waals surface area contributed by atoms with Gasteiger partial charge >= 0.3 is 0 Å². The molecular formula is C18H21N5OS. The highest BCUT2D eigenvalue weighted by molar-refractivity contribution is 7.99. The summed E-state index contributed by atoms with van der Waals surface area (Å²) in [5.41, 5.74) is 4.21. The Morgan fingerprint density at radius 2 is 1.88 bits per heavy atom. The molecule has 1 amide bonds. The van der Waals surface area contributed by atoms with E-state index in [4.69, 9.17) is 0 Å². The molecule has 0 unspecified atom stereocenters. The van der Waals surface area contributed by atoms with Crippen molar-refractivity contribution in [2.24, 2.45) is 0 Å². The Bertz CT molecular complexity index is 904. The number of hydrogen-bond donors (Lipinski definition) is 0. The van der Waals surface area contributed by atoms with Gasteiger partial charge in [0.1, 0.15) is 0 Å². The average molecular weight is 355 g/mol. The van der Waals surface area contributed by atoms with Crippen molar-refractivity contribution in [2.45, 2.75) is 32.5 Å². The molecule has 130 valence electrons. The second-order valence-electron chi connectivity index (χ2n) is 6.17. The smallest absolute Gasteiger partial charge is 0.253 e. The molecule has 3 rings (SSSR count). The number of carbonyl (C=O) groups excluding carboxylic acids is 1. The van der Waals surface area contributed by atoms with E-state index in [1.54, 1.807) is 9.42 Å². The molecule has 0 aliphatic carbocycles. The van der Waals surface area contributed by atoms with Crippen LogP contribution >= 0.6 is 11.8 Å². The van der Waals surface area contributed by atoms with Crippen molar-refractivity contribution in [3.05, 3.63) is 52.8 Å². The molecule has 0 bridgehead atoms. The Morgan fingerprint density at radius 3 is 2.60 bits per heavy atom. The highest BCUT2D eigenvalue weighted by Gasteiger charge is 2.13. The van der Waals surface area contributed by atoms with Gasteiger partial charge in [-0.1, -0.05) is 41.6 Å². The van der Waals surface area contributed by atoms with E-state index in [1.165, 1.54) is 17.3 Å². The first-order valence-corrected chi connectivity index (χ1v) is 9.04. The first-order valence-electron chi connectivity index (χ1n) is 8.06. The van der Waals surface area contributed by atoms with Gasteiger partial charge in [-0.15, -0.1) is 5.10 Å². The highest BCUT2D eigenvalue weighted by Crippen LogP contribution is 2.16. The van der Waals surface area contributed by atoms with Gasteiger partial charge < -0.3 is 4.90 Å². The quantitative estimate of drug-likeness (QED) is 0.659. The lowest BCUT2D eigenvalue weighted by molar-refractivity contribution is -0.127. The maximum Gasteiger partial charge on any atom is 0.253 e. The van der Waals surface area contributed by atoms with Crippen LogP contribution in [0.25, 0.3) is 5.78 Å².